The summed E-state index contributed by atoms with van der Waals surface area (Å²) >= 11 is 1.35. The molecular weight excluding hydrogens is 332 g/mol. The van der Waals surface area contributed by atoms with E-state index in [0.29, 0.717) is 22.2 Å². The lowest BCUT2D eigenvalue weighted by Crippen LogP contribution is -2.33. The highest BCUT2D eigenvalue weighted by Crippen LogP contribution is 2.36. The number of amides is 1. The van der Waals surface area contributed by atoms with E-state index in [9.17, 15) is 9.59 Å². The number of hydrogen-bond donors (Lipinski definition) is 1. The van der Waals surface area contributed by atoms with Crippen molar-refractivity contribution < 1.29 is 24.2 Å². The molecule has 1 aromatic heterocycles. The predicted molar refractivity (Wildman–Crippen MR) is 87.4 cm³/mol. The van der Waals surface area contributed by atoms with Crippen molar-refractivity contribution in [1.82, 2.24) is 9.88 Å². The molecule has 1 N–H and O–H groups in total. The third-order valence-electron chi connectivity index (χ3n) is 3.66. The molecule has 8 heteroatoms. The lowest BCUT2D eigenvalue weighted by atomic mass is 10.2. The molecule has 0 saturated heterocycles. The van der Waals surface area contributed by atoms with E-state index in [1.165, 1.54) is 16.2 Å². The number of carbonyl (C=O) groups is 2. The van der Waals surface area contributed by atoms with Crippen molar-refractivity contribution in [3.05, 3.63) is 29.3 Å². The van der Waals surface area contributed by atoms with E-state index >= 15 is 0 Å². The van der Waals surface area contributed by atoms with Crippen LogP contribution in [0.3, 0.4) is 0 Å². The molecule has 0 bridgehead atoms. The normalized spacial score (nSPS) is 13.6. The molecule has 0 radical (unpaired) electrons. The molecular formula is C16H16N2O5S. The van der Waals surface area contributed by atoms with E-state index in [-0.39, 0.29) is 19.2 Å². The summed E-state index contributed by atoms with van der Waals surface area (Å²) in [5.41, 5.74) is 1.14. The zero-order valence-electron chi connectivity index (χ0n) is 13.2. The van der Waals surface area contributed by atoms with Crippen LogP contribution in [0.25, 0.3) is 10.6 Å². The van der Waals surface area contributed by atoms with Crippen molar-refractivity contribution in [3.63, 3.8) is 0 Å². The molecule has 2 aromatic rings. The van der Waals surface area contributed by atoms with Crippen molar-refractivity contribution in [2.45, 2.75) is 6.92 Å². The van der Waals surface area contributed by atoms with E-state index < -0.39 is 11.9 Å². The fourth-order valence-electron chi connectivity index (χ4n) is 2.30. The number of carboxylic acid groups (broad SMARTS) is 1. The number of carbonyl (C=O) groups excluding carboxylic acids is 1. The molecule has 24 heavy (non-hydrogen) atoms. The number of aliphatic carboxylic acids is 1. The number of ether oxygens (including phenoxy) is 2. The topological polar surface area (TPSA) is 89.0 Å². The van der Waals surface area contributed by atoms with Crippen molar-refractivity contribution >= 4 is 23.2 Å². The second-order valence-electron chi connectivity index (χ2n) is 5.53. The number of benzene rings is 1. The smallest absolute Gasteiger partial charge is 0.308 e. The number of hydrogen-bond acceptors (Lipinski definition) is 6. The fourth-order valence-corrected chi connectivity index (χ4v) is 3.09. The number of thiazole rings is 1. The van der Waals surface area contributed by atoms with Crippen LogP contribution in [-0.4, -0.2) is 47.3 Å². The molecule has 1 amide bonds. The van der Waals surface area contributed by atoms with Crippen molar-refractivity contribution in [3.8, 4) is 22.1 Å². The maximum Gasteiger partial charge on any atom is 0.308 e. The number of carboxylic acids is 1. The van der Waals surface area contributed by atoms with Crippen LogP contribution >= 0.6 is 11.3 Å². The molecule has 0 fully saturated rings. The third kappa shape index (κ3) is 3.18. The van der Waals surface area contributed by atoms with Crippen LogP contribution in [-0.2, 0) is 4.79 Å². The van der Waals surface area contributed by atoms with Crippen LogP contribution in [0, 0.1) is 5.92 Å². The van der Waals surface area contributed by atoms with E-state index in [1.807, 2.05) is 12.1 Å². The van der Waals surface area contributed by atoms with Gasteiger partial charge in [0, 0.05) is 24.5 Å². The standard InChI is InChI=1S/C16H16N2O5S/c1-9(16(20)21)6-18(2)15(19)11-7-24-14(17-11)10-3-4-12-13(5-10)23-8-22-12/h3-5,7,9H,6,8H2,1-2H3,(H,20,21). The zero-order valence-corrected chi connectivity index (χ0v) is 14.0. The Bertz CT molecular complexity index is 789. The minimum Gasteiger partial charge on any atom is -0.481 e. The second kappa shape index (κ2) is 6.48. The lowest BCUT2D eigenvalue weighted by molar-refractivity contribution is -0.141. The van der Waals surface area contributed by atoms with Gasteiger partial charge in [0.05, 0.1) is 5.92 Å². The Morgan fingerprint density at radius 3 is 2.88 bits per heavy atom. The maximum absolute atomic E-state index is 12.4. The maximum atomic E-state index is 12.4. The van der Waals surface area contributed by atoms with Crippen molar-refractivity contribution in [1.29, 1.82) is 0 Å². The molecule has 1 unspecified atom stereocenters. The second-order valence-corrected chi connectivity index (χ2v) is 6.39. The molecule has 1 aromatic carbocycles. The van der Waals surface area contributed by atoms with Gasteiger partial charge in [-0.15, -0.1) is 11.3 Å². The molecule has 1 atom stereocenters. The minimum atomic E-state index is -0.936. The Kier molecular flexibility index (Phi) is 4.39. The van der Waals surface area contributed by atoms with Crippen LogP contribution in [0.5, 0.6) is 11.5 Å². The highest BCUT2D eigenvalue weighted by Gasteiger charge is 2.21. The van der Waals surface area contributed by atoms with Gasteiger partial charge in [-0.05, 0) is 18.2 Å². The number of fused-ring (bicyclic) bond motifs is 1. The number of aromatic nitrogens is 1. The summed E-state index contributed by atoms with van der Waals surface area (Å²) in [6.07, 6.45) is 0. The van der Waals surface area contributed by atoms with Gasteiger partial charge in [-0.1, -0.05) is 6.92 Å². The van der Waals surface area contributed by atoms with Crippen LogP contribution in [0.1, 0.15) is 17.4 Å². The molecule has 126 valence electrons. The Hall–Kier alpha value is -2.61. The van der Waals surface area contributed by atoms with Gasteiger partial charge in [-0.25, -0.2) is 4.98 Å². The van der Waals surface area contributed by atoms with Crippen molar-refractivity contribution in [2.24, 2.45) is 5.92 Å². The molecule has 1 aliphatic heterocycles. The number of rotatable bonds is 5. The van der Waals surface area contributed by atoms with Gasteiger partial charge in [-0.2, -0.15) is 0 Å². The van der Waals surface area contributed by atoms with Gasteiger partial charge in [0.25, 0.3) is 5.91 Å². The van der Waals surface area contributed by atoms with E-state index in [0.717, 1.165) is 5.56 Å². The monoisotopic (exact) mass is 348 g/mol. The van der Waals surface area contributed by atoms with Gasteiger partial charge in [0.2, 0.25) is 6.79 Å². The molecule has 0 saturated carbocycles. The highest BCUT2D eigenvalue weighted by atomic mass is 32.1. The van der Waals surface area contributed by atoms with Gasteiger partial charge in [0.15, 0.2) is 11.5 Å². The summed E-state index contributed by atoms with van der Waals surface area (Å²) in [4.78, 5) is 29.0. The first kappa shape index (κ1) is 16.3. The Morgan fingerprint density at radius 1 is 1.38 bits per heavy atom. The van der Waals surface area contributed by atoms with E-state index in [2.05, 4.69) is 4.98 Å². The average Bonchev–Trinajstić information content (AvgIpc) is 3.22. The van der Waals surface area contributed by atoms with Gasteiger partial charge >= 0.3 is 5.97 Å². The zero-order chi connectivity index (χ0) is 17.3. The van der Waals surface area contributed by atoms with Gasteiger partial charge in [0.1, 0.15) is 10.7 Å². The van der Waals surface area contributed by atoms with Gasteiger partial charge < -0.3 is 19.5 Å². The number of nitrogens with zero attached hydrogens (tertiary/aromatic N) is 2. The van der Waals surface area contributed by atoms with Crippen LogP contribution in [0.2, 0.25) is 0 Å². The lowest BCUT2D eigenvalue weighted by Gasteiger charge is -2.18. The summed E-state index contributed by atoms with van der Waals surface area (Å²) in [5, 5.41) is 11.3. The molecule has 2 heterocycles. The van der Waals surface area contributed by atoms with Crippen LogP contribution in [0.15, 0.2) is 23.6 Å². The van der Waals surface area contributed by atoms with E-state index in [4.69, 9.17) is 14.6 Å². The SMILES string of the molecule is CC(CN(C)C(=O)c1csc(-c2ccc3c(c2)OCO3)n1)C(=O)O. The minimum absolute atomic E-state index is 0.130. The fraction of sp³-hybridized carbons (Fsp3) is 0.312. The summed E-state index contributed by atoms with van der Waals surface area (Å²) in [6.45, 7) is 1.89. The predicted octanol–water partition coefficient (Wildman–Crippen LogP) is 2.33. The molecule has 3 rings (SSSR count). The van der Waals surface area contributed by atoms with Gasteiger partial charge in [-0.3, -0.25) is 9.59 Å². The first-order valence-electron chi connectivity index (χ1n) is 7.29. The van der Waals surface area contributed by atoms with Crippen LogP contribution < -0.4 is 9.47 Å². The summed E-state index contributed by atoms with van der Waals surface area (Å²) in [7, 11) is 1.57. The van der Waals surface area contributed by atoms with Crippen molar-refractivity contribution in [2.75, 3.05) is 20.4 Å². The van der Waals surface area contributed by atoms with E-state index in [1.54, 1.807) is 25.4 Å². The molecule has 7 nitrogen and oxygen atoms in total. The first-order chi connectivity index (χ1) is 11.5. The molecule has 0 spiro atoms. The highest BCUT2D eigenvalue weighted by molar-refractivity contribution is 7.13. The molecule has 1 aliphatic rings. The quantitative estimate of drug-likeness (QED) is 0.892. The summed E-state index contributed by atoms with van der Waals surface area (Å²) in [5.74, 6) is -0.525. The first-order valence-corrected chi connectivity index (χ1v) is 8.17. The Labute approximate surface area is 142 Å². The third-order valence-corrected chi connectivity index (χ3v) is 4.55. The summed E-state index contributed by atoms with van der Waals surface area (Å²) in [6, 6.07) is 5.49. The Balaban J connectivity index is 1.75. The van der Waals surface area contributed by atoms with Crippen LogP contribution in [0.4, 0.5) is 0 Å². The largest absolute Gasteiger partial charge is 0.481 e. The molecule has 0 aliphatic carbocycles. The average molecular weight is 348 g/mol. The summed E-state index contributed by atoms with van der Waals surface area (Å²) < 4.78 is 10.6. The Morgan fingerprint density at radius 2 is 2.12 bits per heavy atom.